The lowest BCUT2D eigenvalue weighted by atomic mass is 9.98. The quantitative estimate of drug-likeness (QED) is 0.272. The van der Waals surface area contributed by atoms with Crippen LogP contribution < -0.4 is 4.90 Å². The Labute approximate surface area is 244 Å². The van der Waals surface area contributed by atoms with Gasteiger partial charge >= 0.3 is 6.09 Å². The Morgan fingerprint density at radius 2 is 1.74 bits per heavy atom. The molecule has 11 heteroatoms. The number of hydrogen-bond donors (Lipinski definition) is 0. The summed E-state index contributed by atoms with van der Waals surface area (Å²) in [5, 5.41) is 5.37. The molecule has 6 rings (SSSR count). The van der Waals surface area contributed by atoms with Gasteiger partial charge in [0.2, 0.25) is 15.7 Å². The molecule has 2 aromatic heterocycles. The van der Waals surface area contributed by atoms with Gasteiger partial charge in [-0.05, 0) is 88.8 Å². The third kappa shape index (κ3) is 4.67. The number of anilines is 1. The molecule has 0 bridgehead atoms. The second-order valence-corrected chi connectivity index (χ2v) is 14.3. The van der Waals surface area contributed by atoms with Gasteiger partial charge in [-0.2, -0.15) is 0 Å². The monoisotopic (exact) mass is 594 g/mol. The van der Waals surface area contributed by atoms with Crippen molar-refractivity contribution in [2.75, 3.05) is 18.0 Å². The topological polar surface area (TPSA) is 108 Å². The Kier molecular flexibility index (Phi) is 6.91. The summed E-state index contributed by atoms with van der Waals surface area (Å²) in [6, 6.07) is 13.4. The number of piperidine rings is 1. The number of ether oxygens (including phenoxy) is 1. The average molecular weight is 595 g/mol. The third-order valence-electron chi connectivity index (χ3n) is 8.14. The zero-order valence-corrected chi connectivity index (χ0v) is 25.1. The van der Waals surface area contributed by atoms with Crippen molar-refractivity contribution >= 4 is 32.5 Å². The van der Waals surface area contributed by atoms with E-state index in [1.54, 1.807) is 39.0 Å². The maximum absolute atomic E-state index is 17.6. The number of aryl methyl sites for hydroxylation is 1. The summed E-state index contributed by atoms with van der Waals surface area (Å²) in [6.45, 7) is 8.70. The molecule has 1 aliphatic carbocycles. The highest BCUT2D eigenvalue weighted by molar-refractivity contribution is 7.92. The first-order chi connectivity index (χ1) is 19.9. The van der Waals surface area contributed by atoms with E-state index < -0.39 is 38.3 Å². The zero-order valence-electron chi connectivity index (χ0n) is 24.3. The van der Waals surface area contributed by atoms with Crippen molar-refractivity contribution in [1.82, 2.24) is 14.8 Å². The molecular formula is C31H35FN4O5S. The summed E-state index contributed by atoms with van der Waals surface area (Å²) in [7, 11) is -4.66. The lowest BCUT2D eigenvalue weighted by Crippen LogP contribution is -2.40. The first kappa shape index (κ1) is 28.4. The molecule has 1 saturated heterocycles. The Balaban J connectivity index is 1.51. The number of hydrogen-bond acceptors (Lipinski definition) is 8. The van der Waals surface area contributed by atoms with E-state index in [-0.39, 0.29) is 23.6 Å². The average Bonchev–Trinajstić information content (AvgIpc) is 3.66. The molecule has 1 aliphatic heterocycles. The van der Waals surface area contributed by atoms with Crippen LogP contribution in [0.15, 0.2) is 57.8 Å². The predicted molar refractivity (Wildman–Crippen MR) is 156 cm³/mol. The van der Waals surface area contributed by atoms with Gasteiger partial charge in [-0.25, -0.2) is 22.2 Å². The van der Waals surface area contributed by atoms with Crippen molar-refractivity contribution in [1.29, 1.82) is 0 Å². The maximum Gasteiger partial charge on any atom is 0.419 e. The smallest absolute Gasteiger partial charge is 0.419 e. The van der Waals surface area contributed by atoms with Crippen molar-refractivity contribution in [3.8, 4) is 0 Å². The normalized spacial score (nSPS) is 19.1. The minimum absolute atomic E-state index is 0.0493. The molecule has 222 valence electrons. The van der Waals surface area contributed by atoms with Crippen LogP contribution in [0.4, 0.5) is 14.9 Å². The van der Waals surface area contributed by atoms with E-state index in [4.69, 9.17) is 9.15 Å². The highest BCUT2D eigenvalue weighted by Gasteiger charge is 2.59. The second-order valence-electron chi connectivity index (χ2n) is 12.2. The van der Waals surface area contributed by atoms with Crippen LogP contribution in [0.3, 0.4) is 0 Å². The summed E-state index contributed by atoms with van der Waals surface area (Å²) in [4.78, 5) is 15.7. The Morgan fingerprint density at radius 3 is 2.38 bits per heavy atom. The first-order valence-corrected chi connectivity index (χ1v) is 15.8. The molecule has 2 aliphatic rings. The molecule has 0 N–H and O–H groups in total. The molecule has 0 saturated carbocycles. The van der Waals surface area contributed by atoms with Crippen LogP contribution in [0.25, 0.3) is 10.9 Å². The van der Waals surface area contributed by atoms with Crippen LogP contribution in [0.2, 0.25) is 0 Å². The van der Waals surface area contributed by atoms with E-state index in [0.29, 0.717) is 11.2 Å². The minimum atomic E-state index is -4.66. The Bertz CT molecular complexity index is 1750. The van der Waals surface area contributed by atoms with Gasteiger partial charge in [-0.1, -0.05) is 18.2 Å². The van der Waals surface area contributed by atoms with E-state index in [1.807, 2.05) is 18.2 Å². The SMILES string of the molecule is Cc1nnc(C(F)(C2Cc3c(n(C(=O)OC(C)(C)C)c4ccc(N5CCCCC5)cc34)C2)S(=O)(=O)c2ccccc2)o1. The number of halogens is 1. The highest BCUT2D eigenvalue weighted by atomic mass is 32.2. The fraction of sp³-hybridized carbons (Fsp3) is 0.452. The van der Waals surface area contributed by atoms with Crippen LogP contribution in [-0.2, 0) is 32.4 Å². The molecule has 2 atom stereocenters. The lowest BCUT2D eigenvalue weighted by molar-refractivity contribution is 0.0538. The molecule has 0 radical (unpaired) electrons. The van der Waals surface area contributed by atoms with Crippen LogP contribution in [0.5, 0.6) is 0 Å². The van der Waals surface area contributed by atoms with Gasteiger partial charge in [0.1, 0.15) is 5.60 Å². The molecule has 9 nitrogen and oxygen atoms in total. The fourth-order valence-electron chi connectivity index (χ4n) is 6.23. The lowest BCUT2D eigenvalue weighted by Gasteiger charge is -2.29. The number of rotatable bonds is 5. The number of benzene rings is 2. The van der Waals surface area contributed by atoms with Gasteiger partial charge in [0.25, 0.3) is 10.9 Å². The number of sulfone groups is 1. The van der Waals surface area contributed by atoms with Gasteiger partial charge < -0.3 is 14.1 Å². The van der Waals surface area contributed by atoms with Crippen LogP contribution >= 0.6 is 0 Å². The van der Waals surface area contributed by atoms with Gasteiger partial charge in [0, 0.05) is 42.7 Å². The maximum atomic E-state index is 17.6. The molecule has 2 aromatic carbocycles. The molecule has 1 fully saturated rings. The summed E-state index contributed by atoms with van der Waals surface area (Å²) >= 11 is 0. The second kappa shape index (κ2) is 10.2. The van der Waals surface area contributed by atoms with E-state index in [2.05, 4.69) is 15.1 Å². The van der Waals surface area contributed by atoms with Crippen molar-refractivity contribution in [3.63, 3.8) is 0 Å². The van der Waals surface area contributed by atoms with Crippen LogP contribution in [0, 0.1) is 12.8 Å². The number of fused-ring (bicyclic) bond motifs is 3. The van der Waals surface area contributed by atoms with Crippen molar-refractivity contribution in [2.45, 2.75) is 75.3 Å². The highest BCUT2D eigenvalue weighted by Crippen LogP contribution is 2.50. The molecular weight excluding hydrogens is 559 g/mol. The van der Waals surface area contributed by atoms with Gasteiger partial charge in [0.05, 0.1) is 10.4 Å². The largest absolute Gasteiger partial charge is 0.443 e. The number of carbonyl (C=O) groups is 1. The number of carbonyl (C=O) groups excluding carboxylic acids is 1. The standard InChI is InChI=1S/C31H35FN4O5S/c1-20-33-34-28(40-20)31(32,42(38,39)23-11-7-5-8-12-23)21-17-24-25-19-22(35-15-9-6-10-16-35)13-14-26(25)36(27(24)18-21)29(37)41-30(2,3)4/h5,7-8,11-14,19,21H,6,9-10,15-18H2,1-4H3. The van der Waals surface area contributed by atoms with Crippen LogP contribution in [-0.4, -0.2) is 48.0 Å². The number of aromatic nitrogens is 3. The molecule has 0 amide bonds. The predicted octanol–water partition coefficient (Wildman–Crippen LogP) is 6.12. The van der Waals surface area contributed by atoms with E-state index in [1.165, 1.54) is 30.0 Å². The van der Waals surface area contributed by atoms with Crippen molar-refractivity contribution in [2.24, 2.45) is 5.92 Å². The van der Waals surface area contributed by atoms with Gasteiger partial charge in [-0.15, -0.1) is 10.2 Å². The molecule has 42 heavy (non-hydrogen) atoms. The first-order valence-electron chi connectivity index (χ1n) is 14.3. The summed E-state index contributed by atoms with van der Waals surface area (Å²) in [5.74, 6) is -1.69. The molecule has 4 aromatic rings. The van der Waals surface area contributed by atoms with E-state index in [9.17, 15) is 13.2 Å². The summed E-state index contributed by atoms with van der Waals surface area (Å²) in [5.41, 5.74) is 2.15. The third-order valence-corrected chi connectivity index (χ3v) is 10.3. The number of alkyl halides is 1. The summed E-state index contributed by atoms with van der Waals surface area (Å²) in [6.07, 6.45) is 2.80. The molecule has 2 unspecified atom stereocenters. The van der Waals surface area contributed by atoms with Gasteiger partial charge in [-0.3, -0.25) is 0 Å². The van der Waals surface area contributed by atoms with E-state index in [0.717, 1.165) is 42.6 Å². The zero-order chi connectivity index (χ0) is 29.9. The Morgan fingerprint density at radius 1 is 1.02 bits per heavy atom. The molecule has 3 heterocycles. The molecule has 0 spiro atoms. The van der Waals surface area contributed by atoms with Crippen molar-refractivity contribution in [3.05, 3.63) is 71.6 Å². The van der Waals surface area contributed by atoms with Crippen molar-refractivity contribution < 1.29 is 26.8 Å². The fourth-order valence-corrected chi connectivity index (χ4v) is 8.01. The minimum Gasteiger partial charge on any atom is -0.443 e. The Hall–Kier alpha value is -3.73. The van der Waals surface area contributed by atoms with Gasteiger partial charge in [0.15, 0.2) is 0 Å². The number of nitrogens with zero attached hydrogens (tertiary/aromatic N) is 4. The summed E-state index contributed by atoms with van der Waals surface area (Å²) < 4.78 is 58.4. The van der Waals surface area contributed by atoms with Crippen LogP contribution in [0.1, 0.15) is 63.1 Å². The van der Waals surface area contributed by atoms with E-state index >= 15 is 4.39 Å².